The summed E-state index contributed by atoms with van der Waals surface area (Å²) >= 11 is 0. The number of fused-ring (bicyclic) bond motifs is 9. The van der Waals surface area contributed by atoms with Crippen LogP contribution in [0.2, 0.25) is 0 Å². The van der Waals surface area contributed by atoms with Crippen LogP contribution in [0.3, 0.4) is 0 Å². The molecule has 0 amide bonds. The topological polar surface area (TPSA) is 12.5 Å². The monoisotopic (exact) mass is 803 g/mol. The van der Waals surface area contributed by atoms with Gasteiger partial charge in [-0.15, -0.1) is 0 Å². The van der Waals surface area contributed by atoms with E-state index < -0.39 is 5.41 Å². The van der Waals surface area contributed by atoms with Gasteiger partial charge in [0.15, 0.2) is 0 Å². The van der Waals surface area contributed by atoms with E-state index in [4.69, 9.17) is 4.74 Å². The van der Waals surface area contributed by atoms with Crippen molar-refractivity contribution in [2.75, 3.05) is 4.90 Å². The summed E-state index contributed by atoms with van der Waals surface area (Å²) in [5.74, 6) is 1.77. The molecule has 0 unspecified atom stereocenters. The normalized spacial score (nSPS) is 12.7. The van der Waals surface area contributed by atoms with E-state index in [9.17, 15) is 0 Å². The molecule has 0 aromatic heterocycles. The molecule has 63 heavy (non-hydrogen) atoms. The molecule has 0 saturated carbocycles. The Hall–Kier alpha value is -8.20. The highest BCUT2D eigenvalue weighted by Crippen LogP contribution is 2.64. The first-order chi connectivity index (χ1) is 31.3. The van der Waals surface area contributed by atoms with E-state index in [1.54, 1.807) is 0 Å². The number of nitrogens with zero attached hydrogens (tertiary/aromatic N) is 1. The van der Waals surface area contributed by atoms with Gasteiger partial charge >= 0.3 is 0 Å². The minimum Gasteiger partial charge on any atom is -0.457 e. The highest BCUT2D eigenvalue weighted by atomic mass is 16.5. The smallest absolute Gasteiger partial charge is 0.132 e. The van der Waals surface area contributed by atoms with Crippen LogP contribution in [0.5, 0.6) is 11.5 Å². The molecule has 2 aliphatic rings. The van der Waals surface area contributed by atoms with Gasteiger partial charge in [0.1, 0.15) is 11.5 Å². The summed E-state index contributed by atoms with van der Waals surface area (Å²) in [5, 5.41) is 0. The summed E-state index contributed by atoms with van der Waals surface area (Å²) in [6, 6.07) is 90.1. The third-order valence-electron chi connectivity index (χ3n) is 13.0. The molecule has 2 heteroatoms. The lowest BCUT2D eigenvalue weighted by atomic mass is 9.66. The second-order valence-corrected chi connectivity index (χ2v) is 16.3. The third-order valence-corrected chi connectivity index (χ3v) is 13.0. The maximum Gasteiger partial charge on any atom is 0.132 e. The molecule has 0 radical (unpaired) electrons. The number of hydrogen-bond donors (Lipinski definition) is 0. The first-order valence-electron chi connectivity index (χ1n) is 21.7. The SMILES string of the molecule is c1ccc(-c2ccccc2-c2ccccc2-c2ccccc2N(c2ccccc2-c2ccccc2)c2cccc3c2-c2ccccc2C32c3ccccc3Oc3ccccc32)cc1. The molecule has 296 valence electrons. The van der Waals surface area contributed by atoms with Crippen molar-refractivity contribution in [2.45, 2.75) is 5.41 Å². The Morgan fingerprint density at radius 1 is 0.254 bits per heavy atom. The minimum atomic E-state index is -0.606. The van der Waals surface area contributed by atoms with E-state index in [0.717, 1.165) is 61.9 Å². The van der Waals surface area contributed by atoms with Gasteiger partial charge in [-0.1, -0.05) is 218 Å². The van der Waals surface area contributed by atoms with Gasteiger partial charge < -0.3 is 9.64 Å². The van der Waals surface area contributed by atoms with Crippen molar-refractivity contribution < 1.29 is 4.74 Å². The molecule has 2 nitrogen and oxygen atoms in total. The van der Waals surface area contributed by atoms with Crippen LogP contribution in [0.15, 0.2) is 249 Å². The summed E-state index contributed by atoms with van der Waals surface area (Å²) in [6.45, 7) is 0. The largest absolute Gasteiger partial charge is 0.457 e. The van der Waals surface area contributed by atoms with Crippen LogP contribution in [-0.2, 0) is 5.41 Å². The predicted molar refractivity (Wildman–Crippen MR) is 260 cm³/mol. The van der Waals surface area contributed by atoms with Crippen LogP contribution in [0, 0.1) is 0 Å². The van der Waals surface area contributed by atoms with E-state index in [-0.39, 0.29) is 0 Å². The van der Waals surface area contributed by atoms with Gasteiger partial charge in [-0.05, 0) is 80.4 Å². The van der Waals surface area contributed by atoms with Gasteiger partial charge in [-0.3, -0.25) is 0 Å². The summed E-state index contributed by atoms with van der Waals surface area (Å²) in [4.78, 5) is 2.53. The zero-order chi connectivity index (χ0) is 41.7. The second kappa shape index (κ2) is 15.1. The van der Waals surface area contributed by atoms with E-state index in [1.165, 1.54) is 44.5 Å². The highest BCUT2D eigenvalue weighted by Gasteiger charge is 2.52. The van der Waals surface area contributed by atoms with Crippen LogP contribution < -0.4 is 9.64 Å². The minimum absolute atomic E-state index is 0.606. The molecule has 1 aliphatic heterocycles. The van der Waals surface area contributed by atoms with Crippen molar-refractivity contribution in [3.8, 4) is 67.1 Å². The lowest BCUT2D eigenvalue weighted by Crippen LogP contribution is -2.32. The second-order valence-electron chi connectivity index (χ2n) is 16.3. The molecule has 0 N–H and O–H groups in total. The Morgan fingerprint density at radius 2 is 0.635 bits per heavy atom. The van der Waals surface area contributed by atoms with E-state index in [2.05, 4.69) is 254 Å². The average Bonchev–Trinajstić information content (AvgIpc) is 3.66. The standard InChI is InChI=1S/C61H41NO/c1-3-22-42(23-4-1)44-26-7-8-28-46(44)47-29-9-10-30-48(47)49-31-13-18-38-56(49)62(55-37-17-12-27-45(55)43-24-5-2-6-25-43)57-39-21-36-54-60(57)50-32-11-14-33-51(50)61(54)52-34-15-19-40-58(52)63-59-41-20-16-35-53(59)61/h1-41H. The first kappa shape index (κ1) is 36.6. The Bertz CT molecular complexity index is 3290. The fraction of sp³-hybridized carbons (Fsp3) is 0.0164. The Labute approximate surface area is 368 Å². The van der Waals surface area contributed by atoms with Crippen molar-refractivity contribution >= 4 is 17.1 Å². The third kappa shape index (κ3) is 5.72. The van der Waals surface area contributed by atoms with Crippen molar-refractivity contribution in [1.29, 1.82) is 0 Å². The number of hydrogen-bond acceptors (Lipinski definition) is 2. The Morgan fingerprint density at radius 3 is 1.25 bits per heavy atom. The fourth-order valence-electron chi connectivity index (χ4n) is 10.4. The van der Waals surface area contributed by atoms with E-state index in [1.807, 2.05) is 0 Å². The lowest BCUT2D eigenvalue weighted by molar-refractivity contribution is 0.436. The van der Waals surface area contributed by atoms with Gasteiger partial charge in [0.05, 0.1) is 22.5 Å². The molecule has 10 aromatic carbocycles. The Balaban J connectivity index is 1.17. The summed E-state index contributed by atoms with van der Waals surface area (Å²) in [6.07, 6.45) is 0. The zero-order valence-electron chi connectivity index (χ0n) is 34.5. The molecular formula is C61H41NO. The number of rotatable bonds is 7. The molecule has 12 rings (SSSR count). The predicted octanol–water partition coefficient (Wildman–Crippen LogP) is 16.3. The maximum atomic E-state index is 6.71. The number of para-hydroxylation sites is 4. The van der Waals surface area contributed by atoms with E-state index >= 15 is 0 Å². The van der Waals surface area contributed by atoms with Crippen molar-refractivity contribution in [1.82, 2.24) is 0 Å². The number of anilines is 3. The molecule has 1 aliphatic carbocycles. The lowest BCUT2D eigenvalue weighted by Gasteiger charge is -2.39. The van der Waals surface area contributed by atoms with Gasteiger partial charge in [-0.2, -0.15) is 0 Å². The first-order valence-corrected chi connectivity index (χ1v) is 21.7. The Kier molecular flexibility index (Phi) is 8.76. The molecule has 0 bridgehead atoms. The van der Waals surface area contributed by atoms with E-state index in [0.29, 0.717) is 0 Å². The summed E-state index contributed by atoms with van der Waals surface area (Å²) < 4.78 is 6.71. The van der Waals surface area contributed by atoms with Crippen LogP contribution in [0.25, 0.3) is 55.6 Å². The molecule has 0 saturated heterocycles. The van der Waals surface area contributed by atoms with Crippen LogP contribution >= 0.6 is 0 Å². The molecule has 1 spiro atoms. The molecular weight excluding hydrogens is 763 g/mol. The van der Waals surface area contributed by atoms with Crippen molar-refractivity contribution in [2.24, 2.45) is 0 Å². The van der Waals surface area contributed by atoms with Crippen molar-refractivity contribution in [3.63, 3.8) is 0 Å². The quantitative estimate of drug-likeness (QED) is 0.159. The van der Waals surface area contributed by atoms with Crippen LogP contribution in [-0.4, -0.2) is 0 Å². The molecule has 1 heterocycles. The average molecular weight is 804 g/mol. The molecule has 10 aromatic rings. The molecule has 0 atom stereocenters. The number of benzene rings is 10. The van der Waals surface area contributed by atoms with Gasteiger partial charge in [0, 0.05) is 27.8 Å². The number of ether oxygens (including phenoxy) is 1. The van der Waals surface area contributed by atoms with Gasteiger partial charge in [0.2, 0.25) is 0 Å². The van der Waals surface area contributed by atoms with Crippen LogP contribution in [0.1, 0.15) is 22.3 Å². The maximum absolute atomic E-state index is 6.71. The van der Waals surface area contributed by atoms with Crippen molar-refractivity contribution in [3.05, 3.63) is 271 Å². The highest BCUT2D eigenvalue weighted by molar-refractivity contribution is 6.04. The van der Waals surface area contributed by atoms with Gasteiger partial charge in [-0.25, -0.2) is 0 Å². The zero-order valence-corrected chi connectivity index (χ0v) is 34.5. The van der Waals surface area contributed by atoms with Gasteiger partial charge in [0.25, 0.3) is 0 Å². The molecule has 0 fully saturated rings. The summed E-state index contributed by atoms with van der Waals surface area (Å²) in [5.41, 5.74) is 19.3. The fourth-order valence-corrected chi connectivity index (χ4v) is 10.4. The summed E-state index contributed by atoms with van der Waals surface area (Å²) in [7, 11) is 0. The van der Waals surface area contributed by atoms with Crippen LogP contribution in [0.4, 0.5) is 17.1 Å².